The lowest BCUT2D eigenvalue weighted by Crippen LogP contribution is -2.34. The Bertz CT molecular complexity index is 514. The van der Waals surface area contributed by atoms with Crippen LogP contribution in [0.1, 0.15) is 43.8 Å². The fourth-order valence-corrected chi connectivity index (χ4v) is 3.70. The van der Waals surface area contributed by atoms with Crippen molar-refractivity contribution in [1.82, 2.24) is 0 Å². The Labute approximate surface area is 130 Å². The highest BCUT2D eigenvalue weighted by atomic mass is 35.5. The van der Waals surface area contributed by atoms with Crippen molar-refractivity contribution in [3.63, 3.8) is 0 Å². The Balaban J connectivity index is 1.95. The van der Waals surface area contributed by atoms with Crippen LogP contribution in [0.15, 0.2) is 12.1 Å². The van der Waals surface area contributed by atoms with Gasteiger partial charge in [-0.15, -0.1) is 0 Å². The van der Waals surface area contributed by atoms with Crippen molar-refractivity contribution in [2.75, 3.05) is 19.8 Å². The van der Waals surface area contributed by atoms with E-state index in [9.17, 15) is 5.11 Å². The fraction of sp³-hybridized carbons (Fsp3) is 0.625. The van der Waals surface area contributed by atoms with Gasteiger partial charge in [0, 0.05) is 18.4 Å². The number of nitrogens with two attached hydrogens (primary N) is 1. The summed E-state index contributed by atoms with van der Waals surface area (Å²) in [6, 6.07) is 3.64. The minimum atomic E-state index is -0.611. The van der Waals surface area contributed by atoms with Crippen LogP contribution in [0.4, 0.5) is 0 Å². The number of halogens is 1. The van der Waals surface area contributed by atoms with Crippen molar-refractivity contribution in [2.24, 2.45) is 11.1 Å². The minimum Gasteiger partial charge on any atom is -0.489 e. The Morgan fingerprint density at radius 1 is 1.19 bits per heavy atom. The first kappa shape index (κ1) is 14.9. The number of aliphatic hydroxyl groups excluding tert-OH is 1. The molecule has 3 N–H and O–H groups in total. The number of ether oxygens (including phenoxy) is 2. The second-order valence-corrected chi connectivity index (χ2v) is 6.46. The van der Waals surface area contributed by atoms with E-state index in [0.717, 1.165) is 37.7 Å². The zero-order valence-electron chi connectivity index (χ0n) is 12.1. The molecule has 1 aromatic rings. The molecule has 1 aliphatic heterocycles. The topological polar surface area (TPSA) is 64.7 Å². The molecule has 1 aliphatic carbocycles. The fourth-order valence-electron chi connectivity index (χ4n) is 3.43. The molecule has 0 saturated heterocycles. The van der Waals surface area contributed by atoms with E-state index in [4.69, 9.17) is 26.8 Å². The SMILES string of the molecule is NCC1(C(O)c2cc(Cl)c3c(c2)OCCCO3)CCCC1. The van der Waals surface area contributed by atoms with Crippen LogP contribution >= 0.6 is 11.6 Å². The van der Waals surface area contributed by atoms with Crippen molar-refractivity contribution in [2.45, 2.75) is 38.2 Å². The average molecular weight is 312 g/mol. The molecule has 0 bridgehead atoms. The standard InChI is InChI=1S/C16H22ClNO3/c17-12-8-11(9-13-14(12)21-7-3-6-20-13)15(19)16(10-18)4-1-2-5-16/h8-9,15,19H,1-7,10,18H2. The third-order valence-electron chi connectivity index (χ3n) is 4.73. The van der Waals surface area contributed by atoms with Gasteiger partial charge >= 0.3 is 0 Å². The van der Waals surface area contributed by atoms with Crippen LogP contribution in [0.3, 0.4) is 0 Å². The van der Waals surface area contributed by atoms with Crippen LogP contribution in [0.2, 0.25) is 5.02 Å². The van der Waals surface area contributed by atoms with E-state index in [0.29, 0.717) is 36.3 Å². The normalized spacial score (nSPS) is 21.9. The van der Waals surface area contributed by atoms with Gasteiger partial charge in [0.1, 0.15) is 0 Å². The van der Waals surface area contributed by atoms with Gasteiger partial charge in [-0.2, -0.15) is 0 Å². The summed E-state index contributed by atoms with van der Waals surface area (Å²) in [7, 11) is 0. The van der Waals surface area contributed by atoms with E-state index >= 15 is 0 Å². The molecule has 1 unspecified atom stereocenters. The average Bonchev–Trinajstić information content (AvgIpc) is 2.86. The highest BCUT2D eigenvalue weighted by Gasteiger charge is 2.40. The molecule has 1 heterocycles. The van der Waals surface area contributed by atoms with Gasteiger partial charge in [0.25, 0.3) is 0 Å². The lowest BCUT2D eigenvalue weighted by Gasteiger charge is -2.33. The van der Waals surface area contributed by atoms with Crippen LogP contribution in [-0.4, -0.2) is 24.9 Å². The minimum absolute atomic E-state index is 0.233. The molecule has 1 saturated carbocycles. The molecule has 3 rings (SSSR count). The highest BCUT2D eigenvalue weighted by Crippen LogP contribution is 2.49. The molecule has 21 heavy (non-hydrogen) atoms. The smallest absolute Gasteiger partial charge is 0.179 e. The number of aliphatic hydroxyl groups is 1. The van der Waals surface area contributed by atoms with Crippen molar-refractivity contribution >= 4 is 11.6 Å². The van der Waals surface area contributed by atoms with E-state index in [1.807, 2.05) is 6.07 Å². The summed E-state index contributed by atoms with van der Waals surface area (Å²) in [6.45, 7) is 1.69. The number of fused-ring (bicyclic) bond motifs is 1. The first-order chi connectivity index (χ1) is 10.2. The van der Waals surface area contributed by atoms with Crippen molar-refractivity contribution in [1.29, 1.82) is 0 Å². The third kappa shape index (κ3) is 2.72. The predicted octanol–water partition coefficient (Wildman–Crippen LogP) is 3.05. The van der Waals surface area contributed by atoms with Gasteiger partial charge in [0.2, 0.25) is 0 Å². The molecular formula is C16H22ClNO3. The van der Waals surface area contributed by atoms with E-state index in [2.05, 4.69) is 0 Å². The van der Waals surface area contributed by atoms with Gasteiger partial charge in [0.15, 0.2) is 11.5 Å². The van der Waals surface area contributed by atoms with Gasteiger partial charge in [-0.3, -0.25) is 0 Å². The monoisotopic (exact) mass is 311 g/mol. The van der Waals surface area contributed by atoms with Crippen LogP contribution in [-0.2, 0) is 0 Å². The van der Waals surface area contributed by atoms with E-state index in [-0.39, 0.29) is 5.41 Å². The molecule has 0 radical (unpaired) electrons. The summed E-state index contributed by atoms with van der Waals surface area (Å²) in [5.74, 6) is 1.21. The Morgan fingerprint density at radius 2 is 1.90 bits per heavy atom. The number of hydrogen-bond donors (Lipinski definition) is 2. The van der Waals surface area contributed by atoms with Crippen LogP contribution in [0.25, 0.3) is 0 Å². The molecule has 2 aliphatic rings. The molecule has 1 atom stereocenters. The summed E-state index contributed by atoms with van der Waals surface area (Å²) in [6.07, 6.45) is 4.36. The summed E-state index contributed by atoms with van der Waals surface area (Å²) in [5.41, 5.74) is 6.50. The first-order valence-corrected chi connectivity index (χ1v) is 8.01. The second kappa shape index (κ2) is 6.03. The largest absolute Gasteiger partial charge is 0.489 e. The first-order valence-electron chi connectivity index (χ1n) is 7.63. The quantitative estimate of drug-likeness (QED) is 0.900. The Morgan fingerprint density at radius 3 is 2.62 bits per heavy atom. The molecule has 5 heteroatoms. The van der Waals surface area contributed by atoms with Gasteiger partial charge in [-0.25, -0.2) is 0 Å². The lowest BCUT2D eigenvalue weighted by atomic mass is 9.77. The molecule has 1 aromatic carbocycles. The summed E-state index contributed by atoms with van der Waals surface area (Å²) in [4.78, 5) is 0. The molecular weight excluding hydrogens is 290 g/mol. The maximum atomic E-state index is 10.8. The highest BCUT2D eigenvalue weighted by molar-refractivity contribution is 6.32. The zero-order valence-corrected chi connectivity index (χ0v) is 12.9. The molecule has 0 aromatic heterocycles. The Hall–Kier alpha value is -0.970. The van der Waals surface area contributed by atoms with E-state index in [1.54, 1.807) is 6.07 Å². The van der Waals surface area contributed by atoms with Crippen LogP contribution in [0.5, 0.6) is 11.5 Å². The van der Waals surface area contributed by atoms with E-state index in [1.165, 1.54) is 0 Å². The summed E-state index contributed by atoms with van der Waals surface area (Å²) >= 11 is 6.31. The van der Waals surface area contributed by atoms with Crippen molar-refractivity contribution < 1.29 is 14.6 Å². The van der Waals surface area contributed by atoms with Gasteiger partial charge < -0.3 is 20.3 Å². The number of rotatable bonds is 3. The zero-order chi connectivity index (χ0) is 14.9. The lowest BCUT2D eigenvalue weighted by molar-refractivity contribution is 0.0331. The van der Waals surface area contributed by atoms with Gasteiger partial charge in [0.05, 0.1) is 24.3 Å². The molecule has 116 valence electrons. The summed E-state index contributed by atoms with van der Waals surface area (Å²) < 4.78 is 11.3. The second-order valence-electron chi connectivity index (χ2n) is 6.06. The third-order valence-corrected chi connectivity index (χ3v) is 5.01. The molecule has 0 amide bonds. The van der Waals surface area contributed by atoms with E-state index < -0.39 is 6.10 Å². The van der Waals surface area contributed by atoms with Crippen molar-refractivity contribution in [3.8, 4) is 11.5 Å². The maximum Gasteiger partial charge on any atom is 0.179 e. The Kier molecular flexibility index (Phi) is 4.29. The maximum absolute atomic E-state index is 10.8. The molecule has 0 spiro atoms. The van der Waals surface area contributed by atoms with Gasteiger partial charge in [-0.1, -0.05) is 24.4 Å². The number of hydrogen-bond acceptors (Lipinski definition) is 4. The molecule has 4 nitrogen and oxygen atoms in total. The van der Waals surface area contributed by atoms with Gasteiger partial charge in [-0.05, 0) is 30.5 Å². The number of benzene rings is 1. The van der Waals surface area contributed by atoms with Crippen molar-refractivity contribution in [3.05, 3.63) is 22.7 Å². The summed E-state index contributed by atoms with van der Waals surface area (Å²) in [5, 5.41) is 11.3. The van der Waals surface area contributed by atoms with Crippen LogP contribution < -0.4 is 15.2 Å². The molecule has 1 fully saturated rings. The predicted molar refractivity (Wildman–Crippen MR) is 82.0 cm³/mol. The van der Waals surface area contributed by atoms with Crippen LogP contribution in [0, 0.1) is 5.41 Å².